The lowest BCUT2D eigenvalue weighted by molar-refractivity contribution is -0.136. The van der Waals surface area contributed by atoms with Gasteiger partial charge in [0.25, 0.3) is 0 Å². The highest BCUT2D eigenvalue weighted by atomic mass is 35.5. The zero-order chi connectivity index (χ0) is 14.6. The Bertz CT molecular complexity index is 485. The predicted octanol–water partition coefficient (Wildman–Crippen LogP) is 2.39. The van der Waals surface area contributed by atoms with E-state index in [2.05, 4.69) is 0 Å². The molecule has 1 aromatic carbocycles. The Morgan fingerprint density at radius 2 is 1.58 bits per heavy atom. The van der Waals surface area contributed by atoms with E-state index in [0.717, 1.165) is 0 Å². The average Bonchev–Trinajstić information content (AvgIpc) is 2.37. The summed E-state index contributed by atoms with van der Waals surface area (Å²) in [6.45, 7) is 1.78. The molecular weight excluding hydrogens is 272 g/mol. The number of hydrogen-bond acceptors (Lipinski definition) is 4. The standard InChI is InChI=1S/C13H17ClO5/c1-7-11(17-2)8(5-10(15)16)9(6-14)13(19-4)12(7)18-3/h5-6H2,1-4H3,(H,15,16). The van der Waals surface area contributed by atoms with E-state index in [1.54, 1.807) is 6.92 Å². The summed E-state index contributed by atoms with van der Waals surface area (Å²) in [7, 11) is 4.49. The smallest absolute Gasteiger partial charge is 0.307 e. The Morgan fingerprint density at radius 1 is 1.05 bits per heavy atom. The molecule has 0 aliphatic carbocycles. The molecule has 0 unspecified atom stereocenters. The molecule has 0 aliphatic rings. The second-order valence-corrected chi connectivity index (χ2v) is 4.15. The molecule has 0 saturated heterocycles. The molecule has 5 nitrogen and oxygen atoms in total. The van der Waals surface area contributed by atoms with Crippen LogP contribution in [0.25, 0.3) is 0 Å². The lowest BCUT2D eigenvalue weighted by atomic mass is 9.98. The second-order valence-electron chi connectivity index (χ2n) is 3.89. The third kappa shape index (κ3) is 2.87. The van der Waals surface area contributed by atoms with Crippen molar-refractivity contribution in [3.8, 4) is 17.2 Å². The van der Waals surface area contributed by atoms with Gasteiger partial charge in [0.05, 0.1) is 33.6 Å². The number of carboxylic acid groups (broad SMARTS) is 1. The SMILES string of the molecule is COc1c(C)c(OC)c(OC)c(CCl)c1CC(=O)O. The maximum Gasteiger partial charge on any atom is 0.307 e. The van der Waals surface area contributed by atoms with Crippen molar-refractivity contribution in [1.82, 2.24) is 0 Å². The van der Waals surface area contributed by atoms with Gasteiger partial charge in [-0.05, 0) is 6.92 Å². The van der Waals surface area contributed by atoms with E-state index in [0.29, 0.717) is 33.9 Å². The van der Waals surface area contributed by atoms with Crippen LogP contribution < -0.4 is 14.2 Å². The molecule has 0 bridgehead atoms. The van der Waals surface area contributed by atoms with Crippen molar-refractivity contribution >= 4 is 17.6 Å². The van der Waals surface area contributed by atoms with E-state index in [9.17, 15) is 4.79 Å². The molecule has 0 aromatic heterocycles. The van der Waals surface area contributed by atoms with Gasteiger partial charge in [-0.1, -0.05) is 0 Å². The Morgan fingerprint density at radius 3 is 1.95 bits per heavy atom. The van der Waals surface area contributed by atoms with Crippen LogP contribution in [0.5, 0.6) is 17.2 Å². The predicted molar refractivity (Wildman–Crippen MR) is 71.7 cm³/mol. The zero-order valence-corrected chi connectivity index (χ0v) is 12.1. The van der Waals surface area contributed by atoms with Crippen molar-refractivity contribution in [3.63, 3.8) is 0 Å². The second kappa shape index (κ2) is 6.52. The molecule has 0 amide bonds. The highest BCUT2D eigenvalue weighted by Crippen LogP contribution is 2.44. The highest BCUT2D eigenvalue weighted by molar-refractivity contribution is 6.17. The number of methoxy groups -OCH3 is 3. The lowest BCUT2D eigenvalue weighted by Gasteiger charge is -2.21. The van der Waals surface area contributed by atoms with Crippen molar-refractivity contribution in [2.24, 2.45) is 0 Å². The van der Waals surface area contributed by atoms with E-state index >= 15 is 0 Å². The first-order valence-corrected chi connectivity index (χ1v) is 6.13. The summed E-state index contributed by atoms with van der Waals surface area (Å²) in [5.41, 5.74) is 1.78. The number of hydrogen-bond donors (Lipinski definition) is 1. The van der Waals surface area contributed by atoms with Crippen molar-refractivity contribution in [3.05, 3.63) is 16.7 Å². The van der Waals surface area contributed by atoms with E-state index in [4.69, 9.17) is 30.9 Å². The number of carbonyl (C=O) groups is 1. The van der Waals surface area contributed by atoms with Gasteiger partial charge in [0.15, 0.2) is 11.5 Å². The number of aliphatic carboxylic acids is 1. The van der Waals surface area contributed by atoms with Gasteiger partial charge in [0.2, 0.25) is 0 Å². The van der Waals surface area contributed by atoms with Gasteiger partial charge in [-0.15, -0.1) is 11.6 Å². The van der Waals surface area contributed by atoms with Crippen LogP contribution in [0.4, 0.5) is 0 Å². The molecule has 6 heteroatoms. The Balaban J connectivity index is 3.67. The Hall–Kier alpha value is -1.62. The van der Waals surface area contributed by atoms with Crippen molar-refractivity contribution in [1.29, 1.82) is 0 Å². The van der Waals surface area contributed by atoms with Crippen molar-refractivity contribution in [2.45, 2.75) is 19.2 Å². The van der Waals surface area contributed by atoms with E-state index in [-0.39, 0.29) is 12.3 Å². The average molecular weight is 289 g/mol. The molecule has 106 valence electrons. The molecule has 0 fully saturated rings. The van der Waals surface area contributed by atoms with Crippen molar-refractivity contribution < 1.29 is 24.1 Å². The molecule has 1 aromatic rings. The van der Waals surface area contributed by atoms with E-state index in [1.807, 2.05) is 0 Å². The number of halogens is 1. The fourth-order valence-corrected chi connectivity index (χ4v) is 2.41. The van der Waals surface area contributed by atoms with Gasteiger partial charge in [-0.2, -0.15) is 0 Å². The number of ether oxygens (including phenoxy) is 3. The summed E-state index contributed by atoms with van der Waals surface area (Å²) >= 11 is 5.93. The summed E-state index contributed by atoms with van der Waals surface area (Å²) in [6.07, 6.45) is -0.188. The molecule has 0 spiro atoms. The fourth-order valence-electron chi connectivity index (χ4n) is 2.13. The maximum atomic E-state index is 11.0. The van der Waals surface area contributed by atoms with Crippen LogP contribution in [0.3, 0.4) is 0 Å². The number of carboxylic acids is 1. The normalized spacial score (nSPS) is 10.2. The number of alkyl halides is 1. The molecule has 1 rings (SSSR count). The van der Waals surface area contributed by atoms with Crippen LogP contribution in [0.15, 0.2) is 0 Å². The molecule has 0 radical (unpaired) electrons. The molecule has 19 heavy (non-hydrogen) atoms. The summed E-state index contributed by atoms with van der Waals surface area (Å²) in [6, 6.07) is 0. The van der Waals surface area contributed by atoms with Crippen LogP contribution in [0, 0.1) is 6.92 Å². The molecule has 0 saturated carbocycles. The van der Waals surface area contributed by atoms with Gasteiger partial charge in [-0.3, -0.25) is 4.79 Å². The minimum Gasteiger partial charge on any atom is -0.496 e. The number of benzene rings is 1. The third-order valence-corrected chi connectivity index (χ3v) is 3.14. The van der Waals surface area contributed by atoms with Crippen LogP contribution in [-0.2, 0) is 17.1 Å². The highest BCUT2D eigenvalue weighted by Gasteiger charge is 2.24. The molecule has 0 aliphatic heterocycles. The quantitative estimate of drug-likeness (QED) is 0.814. The summed E-state index contributed by atoms with van der Waals surface area (Å²) in [5, 5.41) is 9.02. The van der Waals surface area contributed by atoms with Crippen LogP contribution in [-0.4, -0.2) is 32.4 Å². The Labute approximate surface area is 117 Å². The summed E-state index contributed by atoms with van der Waals surface area (Å²) in [5.74, 6) is 0.571. The first-order chi connectivity index (χ1) is 9.01. The van der Waals surface area contributed by atoms with Gasteiger partial charge in [0.1, 0.15) is 5.75 Å². The molecular formula is C13H17ClO5. The maximum absolute atomic E-state index is 11.0. The summed E-state index contributed by atoms with van der Waals surface area (Å²) < 4.78 is 15.9. The number of rotatable bonds is 6. The van der Waals surface area contributed by atoms with Gasteiger partial charge >= 0.3 is 5.97 Å². The minimum absolute atomic E-state index is 0.110. The fraction of sp³-hybridized carbons (Fsp3) is 0.462. The van der Waals surface area contributed by atoms with E-state index in [1.165, 1.54) is 21.3 Å². The zero-order valence-electron chi connectivity index (χ0n) is 11.4. The monoisotopic (exact) mass is 288 g/mol. The third-order valence-electron chi connectivity index (χ3n) is 2.87. The van der Waals surface area contributed by atoms with Gasteiger partial charge < -0.3 is 19.3 Å². The largest absolute Gasteiger partial charge is 0.496 e. The van der Waals surface area contributed by atoms with Gasteiger partial charge in [-0.25, -0.2) is 0 Å². The first kappa shape index (κ1) is 15.4. The van der Waals surface area contributed by atoms with Crippen LogP contribution >= 0.6 is 11.6 Å². The molecule has 1 N–H and O–H groups in total. The topological polar surface area (TPSA) is 65.0 Å². The van der Waals surface area contributed by atoms with Crippen molar-refractivity contribution in [2.75, 3.05) is 21.3 Å². The van der Waals surface area contributed by atoms with Crippen LogP contribution in [0.2, 0.25) is 0 Å². The Kier molecular flexibility index (Phi) is 5.30. The molecule has 0 heterocycles. The van der Waals surface area contributed by atoms with Gasteiger partial charge in [0, 0.05) is 16.7 Å². The molecule has 0 atom stereocenters. The summed E-state index contributed by atoms with van der Waals surface area (Å²) in [4.78, 5) is 11.0. The first-order valence-electron chi connectivity index (χ1n) is 5.59. The minimum atomic E-state index is -0.962. The lowest BCUT2D eigenvalue weighted by Crippen LogP contribution is -2.09. The van der Waals surface area contributed by atoms with Crippen LogP contribution in [0.1, 0.15) is 16.7 Å². The van der Waals surface area contributed by atoms with E-state index < -0.39 is 5.97 Å².